The van der Waals surface area contributed by atoms with Gasteiger partial charge in [0.15, 0.2) is 0 Å². The summed E-state index contributed by atoms with van der Waals surface area (Å²) in [5.74, 6) is 0. The van der Waals surface area contributed by atoms with Crippen LogP contribution in [0, 0.1) is 0 Å². The van der Waals surface area contributed by atoms with Crippen molar-refractivity contribution in [3.05, 3.63) is 35.9 Å². The van der Waals surface area contributed by atoms with E-state index in [4.69, 9.17) is 4.74 Å². The van der Waals surface area contributed by atoms with Gasteiger partial charge >= 0.3 is 0 Å². The Hall–Kier alpha value is -0.860. The van der Waals surface area contributed by atoms with Crippen LogP contribution in [0.5, 0.6) is 0 Å². The molecule has 0 saturated heterocycles. The molecule has 2 atom stereocenters. The summed E-state index contributed by atoms with van der Waals surface area (Å²) in [6.07, 6.45) is -0.524. The number of ether oxygens (including phenoxy) is 1. The first kappa shape index (κ1) is 10.2. The minimum Gasteiger partial charge on any atom is -0.391 e. The molecule has 0 radical (unpaired) electrons. The molecule has 1 N–H and O–H groups in total. The third kappa shape index (κ3) is 3.57. The summed E-state index contributed by atoms with van der Waals surface area (Å²) in [4.78, 5) is 0. The van der Waals surface area contributed by atoms with E-state index in [1.165, 1.54) is 0 Å². The van der Waals surface area contributed by atoms with Crippen molar-refractivity contribution < 1.29 is 9.84 Å². The topological polar surface area (TPSA) is 29.5 Å². The van der Waals surface area contributed by atoms with E-state index >= 15 is 0 Å². The van der Waals surface area contributed by atoms with Gasteiger partial charge in [-0.2, -0.15) is 0 Å². The lowest BCUT2D eigenvalue weighted by atomic mass is 10.2. The van der Waals surface area contributed by atoms with Crippen molar-refractivity contribution in [1.29, 1.82) is 0 Å². The van der Waals surface area contributed by atoms with Gasteiger partial charge in [-0.25, -0.2) is 0 Å². The Balaban J connectivity index is 2.35. The Kier molecular flexibility index (Phi) is 3.93. The van der Waals surface area contributed by atoms with Crippen LogP contribution in [0.1, 0.15) is 19.4 Å². The van der Waals surface area contributed by atoms with Crippen molar-refractivity contribution in [2.75, 3.05) is 0 Å². The lowest BCUT2D eigenvalue weighted by molar-refractivity contribution is -0.0268. The van der Waals surface area contributed by atoms with Gasteiger partial charge < -0.3 is 9.84 Å². The summed E-state index contributed by atoms with van der Waals surface area (Å²) in [5.41, 5.74) is 1.13. The van der Waals surface area contributed by atoms with Gasteiger partial charge in [0.05, 0.1) is 18.8 Å². The number of rotatable bonds is 4. The van der Waals surface area contributed by atoms with Crippen LogP contribution in [0.15, 0.2) is 30.3 Å². The predicted octanol–water partition coefficient (Wildman–Crippen LogP) is 1.97. The highest BCUT2D eigenvalue weighted by Gasteiger charge is 2.08. The molecule has 1 aromatic rings. The zero-order chi connectivity index (χ0) is 9.68. The van der Waals surface area contributed by atoms with Gasteiger partial charge in [-0.05, 0) is 19.4 Å². The number of aliphatic hydroxyl groups is 1. The highest BCUT2D eigenvalue weighted by atomic mass is 16.5. The molecular weight excluding hydrogens is 164 g/mol. The molecule has 1 rings (SSSR count). The molecule has 0 aliphatic heterocycles. The summed E-state index contributed by atoms with van der Waals surface area (Å²) in [7, 11) is 0. The van der Waals surface area contributed by atoms with E-state index in [1.54, 1.807) is 6.92 Å². The van der Waals surface area contributed by atoms with Gasteiger partial charge in [0.25, 0.3) is 0 Å². The molecule has 0 aliphatic rings. The summed E-state index contributed by atoms with van der Waals surface area (Å²) >= 11 is 0. The summed E-state index contributed by atoms with van der Waals surface area (Å²) in [6, 6.07) is 9.95. The number of hydrogen-bond acceptors (Lipinski definition) is 2. The molecule has 1 aromatic carbocycles. The lowest BCUT2D eigenvalue weighted by Crippen LogP contribution is -2.22. The van der Waals surface area contributed by atoms with Crippen molar-refractivity contribution in [2.45, 2.75) is 32.7 Å². The van der Waals surface area contributed by atoms with Crippen LogP contribution in [-0.4, -0.2) is 17.3 Å². The fraction of sp³-hybridized carbons (Fsp3) is 0.455. The van der Waals surface area contributed by atoms with E-state index in [0.29, 0.717) is 6.61 Å². The molecule has 0 amide bonds. The molecule has 0 spiro atoms. The van der Waals surface area contributed by atoms with Gasteiger partial charge in [0, 0.05) is 0 Å². The second-order valence-corrected chi connectivity index (χ2v) is 3.24. The van der Waals surface area contributed by atoms with Crippen LogP contribution in [0.2, 0.25) is 0 Å². The van der Waals surface area contributed by atoms with Crippen molar-refractivity contribution in [2.24, 2.45) is 0 Å². The Morgan fingerprint density at radius 1 is 1.23 bits per heavy atom. The predicted molar refractivity (Wildman–Crippen MR) is 52.4 cm³/mol. The maximum absolute atomic E-state index is 9.17. The van der Waals surface area contributed by atoms with E-state index in [9.17, 15) is 5.11 Å². The molecule has 0 fully saturated rings. The Morgan fingerprint density at radius 2 is 1.85 bits per heavy atom. The van der Waals surface area contributed by atoms with Crippen molar-refractivity contribution in [3.8, 4) is 0 Å². The van der Waals surface area contributed by atoms with Crippen LogP contribution in [0.3, 0.4) is 0 Å². The standard InChI is InChI=1S/C11H16O2/c1-9(12)10(2)13-8-11-6-4-3-5-7-11/h3-7,9-10,12H,8H2,1-2H3/t9-,10+/m0/s1. The van der Waals surface area contributed by atoms with Crippen LogP contribution in [0.4, 0.5) is 0 Å². The largest absolute Gasteiger partial charge is 0.391 e. The van der Waals surface area contributed by atoms with Gasteiger partial charge in [0.1, 0.15) is 0 Å². The maximum atomic E-state index is 9.17. The van der Waals surface area contributed by atoms with Gasteiger partial charge in [-0.3, -0.25) is 0 Å². The second-order valence-electron chi connectivity index (χ2n) is 3.24. The first-order valence-corrected chi connectivity index (χ1v) is 4.53. The number of benzene rings is 1. The summed E-state index contributed by atoms with van der Waals surface area (Å²) in [6.45, 7) is 4.16. The van der Waals surface area contributed by atoms with Crippen LogP contribution in [-0.2, 0) is 11.3 Å². The van der Waals surface area contributed by atoms with Gasteiger partial charge in [0.2, 0.25) is 0 Å². The summed E-state index contributed by atoms with van der Waals surface area (Å²) in [5, 5.41) is 9.17. The van der Waals surface area contributed by atoms with E-state index < -0.39 is 6.10 Å². The van der Waals surface area contributed by atoms with E-state index in [1.807, 2.05) is 37.3 Å². The van der Waals surface area contributed by atoms with Crippen molar-refractivity contribution >= 4 is 0 Å². The second kappa shape index (κ2) is 5.00. The number of hydrogen-bond donors (Lipinski definition) is 1. The molecule has 0 aromatic heterocycles. The fourth-order valence-corrected chi connectivity index (χ4v) is 0.941. The van der Waals surface area contributed by atoms with Gasteiger partial charge in [-0.1, -0.05) is 30.3 Å². The molecule has 0 heterocycles. The van der Waals surface area contributed by atoms with Crippen molar-refractivity contribution in [1.82, 2.24) is 0 Å². The monoisotopic (exact) mass is 180 g/mol. The molecule has 0 saturated carbocycles. The molecule has 0 unspecified atom stereocenters. The first-order valence-electron chi connectivity index (χ1n) is 4.53. The molecule has 13 heavy (non-hydrogen) atoms. The third-order valence-electron chi connectivity index (χ3n) is 2.04. The van der Waals surface area contributed by atoms with Crippen molar-refractivity contribution in [3.63, 3.8) is 0 Å². The maximum Gasteiger partial charge on any atom is 0.0807 e. The zero-order valence-electron chi connectivity index (χ0n) is 8.10. The smallest absolute Gasteiger partial charge is 0.0807 e. The average Bonchev–Trinajstić information content (AvgIpc) is 2.15. The van der Waals surface area contributed by atoms with E-state index in [-0.39, 0.29) is 6.10 Å². The molecular formula is C11H16O2. The lowest BCUT2D eigenvalue weighted by Gasteiger charge is -2.15. The molecule has 2 heteroatoms. The van der Waals surface area contributed by atoms with Crippen LogP contribution in [0.25, 0.3) is 0 Å². The quantitative estimate of drug-likeness (QED) is 0.767. The minimum absolute atomic E-state index is 0.111. The molecule has 2 nitrogen and oxygen atoms in total. The van der Waals surface area contributed by atoms with E-state index in [0.717, 1.165) is 5.56 Å². The first-order chi connectivity index (χ1) is 6.20. The molecule has 0 bridgehead atoms. The highest BCUT2D eigenvalue weighted by Crippen LogP contribution is 2.05. The third-order valence-corrected chi connectivity index (χ3v) is 2.04. The Labute approximate surface area is 79.2 Å². The SMILES string of the molecule is C[C@H](O)[C@@H](C)OCc1ccccc1. The molecule has 0 aliphatic carbocycles. The van der Waals surface area contributed by atoms with Crippen LogP contribution >= 0.6 is 0 Å². The average molecular weight is 180 g/mol. The fourth-order valence-electron chi connectivity index (χ4n) is 0.941. The minimum atomic E-state index is -0.413. The Bertz CT molecular complexity index is 231. The summed E-state index contributed by atoms with van der Waals surface area (Å²) < 4.78 is 5.44. The van der Waals surface area contributed by atoms with Gasteiger partial charge in [-0.15, -0.1) is 0 Å². The molecule has 72 valence electrons. The normalized spacial score (nSPS) is 15.3. The highest BCUT2D eigenvalue weighted by molar-refractivity contribution is 5.13. The van der Waals surface area contributed by atoms with Crippen LogP contribution < -0.4 is 0 Å². The number of aliphatic hydroxyl groups excluding tert-OH is 1. The Morgan fingerprint density at radius 3 is 2.38 bits per heavy atom. The zero-order valence-corrected chi connectivity index (χ0v) is 8.10. The van der Waals surface area contributed by atoms with E-state index in [2.05, 4.69) is 0 Å².